The van der Waals surface area contributed by atoms with Crippen molar-refractivity contribution in [2.24, 2.45) is 0 Å². The number of aromatic nitrogens is 1. The van der Waals surface area contributed by atoms with E-state index in [1.54, 1.807) is 45.2 Å². The number of thiophene rings is 1. The van der Waals surface area contributed by atoms with Gasteiger partial charge in [0.05, 0.1) is 23.7 Å². The van der Waals surface area contributed by atoms with Crippen molar-refractivity contribution < 1.29 is 33.0 Å². The molecule has 3 aromatic rings. The van der Waals surface area contributed by atoms with Crippen LogP contribution in [0.15, 0.2) is 48.7 Å². The second-order valence-corrected chi connectivity index (χ2v) is 9.41. The number of rotatable bonds is 8. The molecule has 0 aliphatic heterocycles. The zero-order valence-corrected chi connectivity index (χ0v) is 19.7. The summed E-state index contributed by atoms with van der Waals surface area (Å²) >= 11 is 1.11. The molecule has 0 atom stereocenters. The maximum Gasteiger partial charge on any atom is 0.410 e. The van der Waals surface area contributed by atoms with Gasteiger partial charge in [0.2, 0.25) is 0 Å². The molecule has 2 heterocycles. The van der Waals surface area contributed by atoms with Crippen LogP contribution in [0, 0.1) is 11.6 Å². The second-order valence-electron chi connectivity index (χ2n) is 8.32. The summed E-state index contributed by atoms with van der Waals surface area (Å²) in [5.41, 5.74) is 0.543. The highest BCUT2D eigenvalue weighted by Crippen LogP contribution is 2.27. The first-order valence-electron chi connectivity index (χ1n) is 10.4. The number of nitrogens with zero attached hydrogens (tertiary/aromatic N) is 2. The Balaban J connectivity index is 1.71. The molecule has 0 unspecified atom stereocenters. The molecule has 3 rings (SSSR count). The van der Waals surface area contributed by atoms with Crippen molar-refractivity contribution in [1.82, 2.24) is 9.88 Å². The van der Waals surface area contributed by atoms with Gasteiger partial charge in [-0.1, -0.05) is 12.1 Å². The molecule has 1 aromatic carbocycles. The van der Waals surface area contributed by atoms with Crippen LogP contribution in [0.1, 0.15) is 36.0 Å². The second kappa shape index (κ2) is 10.6. The van der Waals surface area contributed by atoms with Crippen molar-refractivity contribution in [3.8, 4) is 16.3 Å². The molecular formula is C24H24F2N2O5S. The van der Waals surface area contributed by atoms with Gasteiger partial charge in [-0.2, -0.15) is 0 Å². The minimum atomic E-state index is -1.00. The number of carboxylic acid groups (broad SMARTS) is 1. The molecule has 0 aliphatic carbocycles. The summed E-state index contributed by atoms with van der Waals surface area (Å²) in [6.45, 7) is 5.18. The van der Waals surface area contributed by atoms with Crippen LogP contribution in [0.3, 0.4) is 0 Å². The number of halogens is 2. The Morgan fingerprint density at radius 1 is 1.09 bits per heavy atom. The summed E-state index contributed by atoms with van der Waals surface area (Å²) in [5.74, 6) is -3.17. The molecule has 0 fully saturated rings. The van der Waals surface area contributed by atoms with Gasteiger partial charge in [0.1, 0.15) is 17.1 Å². The average molecular weight is 491 g/mol. The minimum Gasteiger partial charge on any atom is -0.486 e. The number of carboxylic acids is 1. The first-order chi connectivity index (χ1) is 16.0. The fourth-order valence-corrected chi connectivity index (χ4v) is 3.74. The van der Waals surface area contributed by atoms with Crippen molar-refractivity contribution in [3.05, 3.63) is 70.7 Å². The lowest BCUT2D eigenvalue weighted by atomic mass is 10.2. The summed E-state index contributed by atoms with van der Waals surface area (Å²) in [5, 5.41) is 9.08. The average Bonchev–Trinajstić information content (AvgIpc) is 3.25. The molecule has 1 amide bonds. The maximum atomic E-state index is 13.8. The molecule has 34 heavy (non-hydrogen) atoms. The quantitative estimate of drug-likeness (QED) is 0.442. The van der Waals surface area contributed by atoms with Crippen molar-refractivity contribution >= 4 is 23.4 Å². The number of benzene rings is 1. The number of para-hydroxylation sites is 1. The highest BCUT2D eigenvalue weighted by atomic mass is 32.1. The van der Waals surface area contributed by atoms with Crippen LogP contribution in [0.2, 0.25) is 0 Å². The van der Waals surface area contributed by atoms with E-state index in [4.69, 9.17) is 14.6 Å². The highest BCUT2D eigenvalue weighted by molar-refractivity contribution is 7.17. The van der Waals surface area contributed by atoms with E-state index in [2.05, 4.69) is 4.98 Å². The standard InChI is InChI=1S/C24H24F2N2O5S/c1-24(2,3)33-23(31)28(11-12-32-21-16(25)5-4-6-17(21)26)14-15-7-8-18(27-13-15)19-9-10-20(34-19)22(29)30/h4-10,13H,11-12,14H2,1-3H3,(H,29,30). The topological polar surface area (TPSA) is 89.0 Å². The zero-order chi connectivity index (χ0) is 24.9. The largest absolute Gasteiger partial charge is 0.486 e. The van der Waals surface area contributed by atoms with E-state index in [1.165, 1.54) is 17.0 Å². The molecule has 180 valence electrons. The normalized spacial score (nSPS) is 11.2. The van der Waals surface area contributed by atoms with E-state index in [1.807, 2.05) is 0 Å². The smallest absolute Gasteiger partial charge is 0.410 e. The molecule has 0 bridgehead atoms. The molecule has 0 saturated carbocycles. The molecular weight excluding hydrogens is 466 g/mol. The van der Waals surface area contributed by atoms with Gasteiger partial charge in [0.25, 0.3) is 0 Å². The van der Waals surface area contributed by atoms with E-state index in [9.17, 15) is 18.4 Å². The molecule has 7 nitrogen and oxygen atoms in total. The van der Waals surface area contributed by atoms with Gasteiger partial charge in [-0.05, 0) is 56.7 Å². The Kier molecular flexibility index (Phi) is 7.83. The van der Waals surface area contributed by atoms with Gasteiger partial charge < -0.3 is 19.5 Å². The number of amides is 1. The number of ether oxygens (including phenoxy) is 2. The fourth-order valence-electron chi connectivity index (χ4n) is 2.91. The SMILES string of the molecule is CC(C)(C)OC(=O)N(CCOc1c(F)cccc1F)Cc1ccc(-c2ccc(C(=O)O)s2)nc1. The van der Waals surface area contributed by atoms with Crippen molar-refractivity contribution in [3.63, 3.8) is 0 Å². The summed E-state index contributed by atoms with van der Waals surface area (Å²) < 4.78 is 38.3. The Hall–Kier alpha value is -3.53. The number of aromatic carboxylic acids is 1. The van der Waals surface area contributed by atoms with Crippen molar-refractivity contribution in [2.75, 3.05) is 13.2 Å². The maximum absolute atomic E-state index is 13.8. The Bertz CT molecular complexity index is 1140. The Labute approximate surface area is 199 Å². The first kappa shape index (κ1) is 25.1. The molecule has 0 saturated heterocycles. The molecule has 1 N–H and O–H groups in total. The lowest BCUT2D eigenvalue weighted by molar-refractivity contribution is 0.0207. The predicted molar refractivity (Wildman–Crippen MR) is 123 cm³/mol. The third kappa shape index (κ3) is 6.74. The van der Waals surface area contributed by atoms with E-state index in [-0.39, 0.29) is 24.6 Å². The summed E-state index contributed by atoms with van der Waals surface area (Å²) in [7, 11) is 0. The van der Waals surface area contributed by atoms with Crippen molar-refractivity contribution in [1.29, 1.82) is 0 Å². The van der Waals surface area contributed by atoms with Crippen LogP contribution in [0.4, 0.5) is 13.6 Å². The Morgan fingerprint density at radius 3 is 2.35 bits per heavy atom. The monoisotopic (exact) mass is 490 g/mol. The Morgan fingerprint density at radius 2 is 1.79 bits per heavy atom. The molecule has 0 radical (unpaired) electrons. The van der Waals surface area contributed by atoms with Crippen LogP contribution >= 0.6 is 11.3 Å². The van der Waals surface area contributed by atoms with Gasteiger partial charge in [-0.3, -0.25) is 4.98 Å². The summed E-state index contributed by atoms with van der Waals surface area (Å²) in [6.07, 6.45) is 0.961. The first-order valence-corrected chi connectivity index (χ1v) is 11.2. The van der Waals surface area contributed by atoms with Gasteiger partial charge in [0.15, 0.2) is 17.4 Å². The van der Waals surface area contributed by atoms with Gasteiger partial charge in [0, 0.05) is 6.20 Å². The number of carbonyl (C=O) groups excluding carboxylic acids is 1. The van der Waals surface area contributed by atoms with Crippen LogP contribution in [0.5, 0.6) is 5.75 Å². The number of hydrogen-bond acceptors (Lipinski definition) is 6. The summed E-state index contributed by atoms with van der Waals surface area (Å²) in [4.78, 5) is 30.4. The van der Waals surface area contributed by atoms with Gasteiger partial charge in [-0.15, -0.1) is 11.3 Å². The lowest BCUT2D eigenvalue weighted by Crippen LogP contribution is -2.38. The molecule has 0 spiro atoms. The molecule has 2 aromatic heterocycles. The highest BCUT2D eigenvalue weighted by Gasteiger charge is 2.23. The molecule has 0 aliphatic rings. The zero-order valence-electron chi connectivity index (χ0n) is 18.9. The van der Waals surface area contributed by atoms with Crippen LogP contribution < -0.4 is 4.74 Å². The minimum absolute atomic E-state index is 0.0112. The fraction of sp³-hybridized carbons (Fsp3) is 0.292. The van der Waals surface area contributed by atoms with Crippen LogP contribution in [0.25, 0.3) is 10.6 Å². The predicted octanol–water partition coefficient (Wildman–Crippen LogP) is 5.60. The van der Waals surface area contributed by atoms with Gasteiger partial charge in [-0.25, -0.2) is 18.4 Å². The van der Waals surface area contributed by atoms with E-state index in [0.29, 0.717) is 16.1 Å². The molecule has 10 heteroatoms. The van der Waals surface area contributed by atoms with E-state index in [0.717, 1.165) is 23.5 Å². The third-order valence-corrected chi connectivity index (χ3v) is 5.54. The number of pyridine rings is 1. The lowest BCUT2D eigenvalue weighted by Gasteiger charge is -2.27. The number of carbonyl (C=O) groups is 2. The van der Waals surface area contributed by atoms with Crippen molar-refractivity contribution in [2.45, 2.75) is 32.9 Å². The van der Waals surface area contributed by atoms with E-state index < -0.39 is 35.0 Å². The van der Waals surface area contributed by atoms with Crippen LogP contribution in [-0.2, 0) is 11.3 Å². The van der Waals surface area contributed by atoms with Crippen LogP contribution in [-0.4, -0.2) is 45.8 Å². The number of hydrogen-bond donors (Lipinski definition) is 1. The van der Waals surface area contributed by atoms with E-state index >= 15 is 0 Å². The third-order valence-electron chi connectivity index (χ3n) is 4.45. The van der Waals surface area contributed by atoms with Gasteiger partial charge >= 0.3 is 12.1 Å². The summed E-state index contributed by atoms with van der Waals surface area (Å²) in [6, 6.07) is 10.1.